The zero-order chi connectivity index (χ0) is 10.8. The van der Waals surface area contributed by atoms with Crippen molar-refractivity contribution < 1.29 is 9.90 Å². The molecule has 1 heterocycles. The first-order valence-corrected chi connectivity index (χ1v) is 5.38. The molecule has 0 amide bonds. The second-order valence-corrected chi connectivity index (χ2v) is 3.95. The molecule has 1 aliphatic carbocycles. The largest absolute Gasteiger partial charge is 0.477 e. The third-order valence-electron chi connectivity index (χ3n) is 2.98. The van der Waals surface area contributed by atoms with Crippen molar-refractivity contribution in [1.82, 2.24) is 4.57 Å². The molecule has 0 fully saturated rings. The van der Waals surface area contributed by atoms with Crippen molar-refractivity contribution in [2.75, 3.05) is 6.54 Å². The fraction of sp³-hybridized carbons (Fsp3) is 0.545. The number of fused-ring (bicyclic) bond motifs is 1. The minimum Gasteiger partial charge on any atom is -0.477 e. The van der Waals surface area contributed by atoms with E-state index in [-0.39, 0.29) is 0 Å². The maximum Gasteiger partial charge on any atom is 0.352 e. The summed E-state index contributed by atoms with van der Waals surface area (Å²) in [5, 5.41) is 9.08. The van der Waals surface area contributed by atoms with E-state index >= 15 is 0 Å². The average Bonchev–Trinajstić information content (AvgIpc) is 2.58. The molecule has 4 nitrogen and oxygen atoms in total. The predicted octanol–water partition coefficient (Wildman–Crippen LogP) is 1.02. The number of aromatic carboxylic acids is 1. The molecule has 0 aromatic carbocycles. The first kappa shape index (κ1) is 10.2. The molecule has 1 aromatic heterocycles. The van der Waals surface area contributed by atoms with Gasteiger partial charge in [0.05, 0.1) is 0 Å². The van der Waals surface area contributed by atoms with Crippen molar-refractivity contribution in [3.8, 4) is 0 Å². The Hall–Kier alpha value is -1.29. The van der Waals surface area contributed by atoms with Crippen LogP contribution in [0.25, 0.3) is 0 Å². The lowest BCUT2D eigenvalue weighted by molar-refractivity contribution is 0.0685. The highest BCUT2D eigenvalue weighted by Crippen LogP contribution is 2.25. The van der Waals surface area contributed by atoms with E-state index in [4.69, 9.17) is 10.8 Å². The van der Waals surface area contributed by atoms with Crippen LogP contribution in [0.15, 0.2) is 6.07 Å². The molecule has 0 aliphatic heterocycles. The molecular weight excluding hydrogens is 192 g/mol. The van der Waals surface area contributed by atoms with Crippen molar-refractivity contribution in [2.24, 2.45) is 5.73 Å². The van der Waals surface area contributed by atoms with E-state index in [9.17, 15) is 4.79 Å². The van der Waals surface area contributed by atoms with Gasteiger partial charge in [0.1, 0.15) is 5.69 Å². The summed E-state index contributed by atoms with van der Waals surface area (Å²) in [4.78, 5) is 11.1. The summed E-state index contributed by atoms with van der Waals surface area (Å²) in [6.45, 7) is 1.10. The molecule has 0 saturated carbocycles. The summed E-state index contributed by atoms with van der Waals surface area (Å²) in [7, 11) is 0. The van der Waals surface area contributed by atoms with Crippen molar-refractivity contribution in [2.45, 2.75) is 32.2 Å². The van der Waals surface area contributed by atoms with Gasteiger partial charge in [0.25, 0.3) is 0 Å². The number of nitrogens with zero attached hydrogens (tertiary/aromatic N) is 1. The molecule has 0 saturated heterocycles. The number of carbonyl (C=O) groups is 1. The summed E-state index contributed by atoms with van der Waals surface area (Å²) in [5.74, 6) is -0.849. The lowest BCUT2D eigenvalue weighted by atomic mass is 9.98. The van der Waals surface area contributed by atoms with E-state index in [0.29, 0.717) is 18.8 Å². The van der Waals surface area contributed by atoms with E-state index in [1.54, 1.807) is 0 Å². The number of aryl methyl sites for hydroxylation is 1. The quantitative estimate of drug-likeness (QED) is 0.779. The number of aromatic nitrogens is 1. The summed E-state index contributed by atoms with van der Waals surface area (Å²) in [6.07, 6.45) is 4.31. The smallest absolute Gasteiger partial charge is 0.352 e. The molecule has 0 spiro atoms. The van der Waals surface area contributed by atoms with E-state index in [1.165, 1.54) is 17.7 Å². The molecule has 3 N–H and O–H groups in total. The normalized spacial score (nSPS) is 15.0. The van der Waals surface area contributed by atoms with Crippen LogP contribution in [0.5, 0.6) is 0 Å². The van der Waals surface area contributed by atoms with Crippen molar-refractivity contribution >= 4 is 5.97 Å². The van der Waals surface area contributed by atoms with Crippen molar-refractivity contribution in [3.63, 3.8) is 0 Å². The first-order valence-electron chi connectivity index (χ1n) is 5.38. The third kappa shape index (κ3) is 1.77. The zero-order valence-electron chi connectivity index (χ0n) is 8.70. The van der Waals surface area contributed by atoms with Crippen LogP contribution < -0.4 is 5.73 Å². The van der Waals surface area contributed by atoms with Gasteiger partial charge in [-0.1, -0.05) is 0 Å². The second kappa shape index (κ2) is 4.06. The van der Waals surface area contributed by atoms with Crippen LogP contribution in [0.1, 0.15) is 34.6 Å². The lowest BCUT2D eigenvalue weighted by Gasteiger charge is -2.15. The van der Waals surface area contributed by atoms with Gasteiger partial charge >= 0.3 is 5.97 Å². The fourth-order valence-corrected chi connectivity index (χ4v) is 2.33. The Morgan fingerprint density at radius 2 is 2.20 bits per heavy atom. The topological polar surface area (TPSA) is 68.2 Å². The molecule has 4 heteroatoms. The van der Waals surface area contributed by atoms with E-state index in [2.05, 4.69) is 0 Å². The molecule has 0 unspecified atom stereocenters. The highest BCUT2D eigenvalue weighted by molar-refractivity contribution is 5.86. The molecule has 1 aromatic rings. The van der Waals surface area contributed by atoms with Gasteiger partial charge in [-0.3, -0.25) is 0 Å². The third-order valence-corrected chi connectivity index (χ3v) is 2.98. The average molecular weight is 208 g/mol. The predicted molar refractivity (Wildman–Crippen MR) is 57.1 cm³/mol. The second-order valence-electron chi connectivity index (χ2n) is 3.95. The maximum absolute atomic E-state index is 11.1. The number of carboxylic acid groups (broad SMARTS) is 1. The number of nitrogens with two attached hydrogens (primary N) is 1. The molecule has 0 bridgehead atoms. The first-order chi connectivity index (χ1) is 7.24. The van der Waals surface area contributed by atoms with Crippen LogP contribution in [-0.2, 0) is 19.4 Å². The van der Waals surface area contributed by atoms with Crippen LogP contribution >= 0.6 is 0 Å². The zero-order valence-corrected chi connectivity index (χ0v) is 8.70. The number of hydrogen-bond donors (Lipinski definition) is 2. The summed E-state index contributed by atoms with van der Waals surface area (Å²) in [5.41, 5.74) is 8.29. The van der Waals surface area contributed by atoms with Gasteiger partial charge in [0.15, 0.2) is 0 Å². The molecule has 15 heavy (non-hydrogen) atoms. The van der Waals surface area contributed by atoms with Crippen molar-refractivity contribution in [1.29, 1.82) is 0 Å². The molecule has 82 valence electrons. The van der Waals surface area contributed by atoms with Crippen LogP contribution in [0.4, 0.5) is 0 Å². The lowest BCUT2D eigenvalue weighted by Crippen LogP contribution is -2.18. The molecule has 0 atom stereocenters. The number of hydrogen-bond acceptors (Lipinski definition) is 2. The molecule has 1 aliphatic rings. The monoisotopic (exact) mass is 208 g/mol. The Labute approximate surface area is 88.7 Å². The van der Waals surface area contributed by atoms with Gasteiger partial charge in [-0.2, -0.15) is 0 Å². The fourth-order valence-electron chi connectivity index (χ4n) is 2.33. The van der Waals surface area contributed by atoms with Gasteiger partial charge in [-0.15, -0.1) is 0 Å². The van der Waals surface area contributed by atoms with Gasteiger partial charge in [-0.25, -0.2) is 4.79 Å². The molecular formula is C11H16N2O2. The van der Waals surface area contributed by atoms with Crippen molar-refractivity contribution in [3.05, 3.63) is 23.0 Å². The number of carboxylic acids is 1. The van der Waals surface area contributed by atoms with Gasteiger partial charge in [0, 0.05) is 18.8 Å². The minimum absolute atomic E-state index is 0.396. The van der Waals surface area contributed by atoms with Crippen LogP contribution in [0, 0.1) is 0 Å². The Bertz CT molecular complexity index is 382. The Balaban J connectivity index is 2.45. The Morgan fingerprint density at radius 1 is 1.47 bits per heavy atom. The van der Waals surface area contributed by atoms with Gasteiger partial charge in [0.2, 0.25) is 0 Å². The summed E-state index contributed by atoms with van der Waals surface area (Å²) >= 11 is 0. The minimum atomic E-state index is -0.849. The Kier molecular flexibility index (Phi) is 2.77. The van der Waals surface area contributed by atoms with Gasteiger partial charge in [-0.05, 0) is 37.3 Å². The Morgan fingerprint density at radius 3 is 2.87 bits per heavy atom. The van der Waals surface area contributed by atoms with Crippen LogP contribution in [0.3, 0.4) is 0 Å². The molecule has 2 rings (SSSR count). The highest BCUT2D eigenvalue weighted by atomic mass is 16.4. The SMILES string of the molecule is NCCn1c(C(=O)O)cc2c1CCCC2. The molecule has 0 radical (unpaired) electrons. The van der Waals surface area contributed by atoms with E-state index < -0.39 is 5.97 Å². The van der Waals surface area contributed by atoms with Gasteiger partial charge < -0.3 is 15.4 Å². The standard InChI is InChI=1S/C11H16N2O2/c12-5-6-13-9-4-2-1-3-8(9)7-10(13)11(14)15/h7H,1-6,12H2,(H,14,15). The highest BCUT2D eigenvalue weighted by Gasteiger charge is 2.20. The number of rotatable bonds is 3. The maximum atomic E-state index is 11.1. The van der Waals surface area contributed by atoms with E-state index in [1.807, 2.05) is 10.6 Å². The van der Waals surface area contributed by atoms with Crippen LogP contribution in [0.2, 0.25) is 0 Å². The van der Waals surface area contributed by atoms with Crippen LogP contribution in [-0.4, -0.2) is 22.2 Å². The van der Waals surface area contributed by atoms with E-state index in [0.717, 1.165) is 19.3 Å². The summed E-state index contributed by atoms with van der Waals surface area (Å²) < 4.78 is 1.87. The summed E-state index contributed by atoms with van der Waals surface area (Å²) in [6, 6.07) is 1.81.